The Hall–Kier alpha value is -4.47. The van der Waals surface area contributed by atoms with Crippen LogP contribution in [0.1, 0.15) is 24.8 Å². The molecular weight excluding hydrogens is 565 g/mol. The van der Waals surface area contributed by atoms with Crippen molar-refractivity contribution in [1.82, 2.24) is 20.5 Å². The zero-order chi connectivity index (χ0) is 30.3. The van der Waals surface area contributed by atoms with E-state index >= 15 is 0 Å². The average molecular weight is 598 g/mol. The summed E-state index contributed by atoms with van der Waals surface area (Å²) in [5.74, 6) is -0.236. The Labute approximate surface area is 248 Å². The maximum atomic E-state index is 13.8. The number of nitriles is 1. The molecule has 3 aromatic rings. The minimum absolute atomic E-state index is 0.0127. The molecule has 222 valence electrons. The number of benzene rings is 2. The van der Waals surface area contributed by atoms with E-state index in [0.717, 1.165) is 10.8 Å². The lowest BCUT2D eigenvalue weighted by atomic mass is 10.1. The van der Waals surface area contributed by atoms with Crippen LogP contribution in [0.3, 0.4) is 0 Å². The molecular formula is C29H33ClFN7O4. The molecule has 0 radical (unpaired) electrons. The van der Waals surface area contributed by atoms with E-state index < -0.39 is 18.0 Å². The summed E-state index contributed by atoms with van der Waals surface area (Å²) in [7, 11) is 1.61. The molecule has 0 saturated heterocycles. The van der Waals surface area contributed by atoms with Crippen LogP contribution < -0.4 is 16.0 Å². The number of aliphatic hydroxyl groups excluding tert-OH is 1. The number of nitrogens with one attached hydrogen (secondary N) is 3. The molecule has 42 heavy (non-hydrogen) atoms. The van der Waals surface area contributed by atoms with Crippen LogP contribution >= 0.6 is 11.6 Å². The van der Waals surface area contributed by atoms with Crippen LogP contribution in [0.25, 0.3) is 10.8 Å². The number of aromatic nitrogens is 1. The third kappa shape index (κ3) is 9.87. The van der Waals surface area contributed by atoms with Gasteiger partial charge < -0.3 is 20.1 Å². The predicted octanol–water partition coefficient (Wildman–Crippen LogP) is 3.82. The number of halogens is 2. The maximum absolute atomic E-state index is 13.8. The molecule has 2 amide bonds. The second-order valence-electron chi connectivity index (χ2n) is 9.27. The van der Waals surface area contributed by atoms with Gasteiger partial charge >= 0.3 is 6.09 Å². The highest BCUT2D eigenvalue weighted by Gasteiger charge is 2.22. The van der Waals surface area contributed by atoms with Crippen LogP contribution in [-0.2, 0) is 16.0 Å². The summed E-state index contributed by atoms with van der Waals surface area (Å²) in [6.45, 7) is 0.291. The number of amides is 2. The molecule has 0 aliphatic rings. The summed E-state index contributed by atoms with van der Waals surface area (Å²) in [6.07, 6.45) is 3.94. The number of hydrogen-bond acceptors (Lipinski definition) is 7. The van der Waals surface area contributed by atoms with Gasteiger partial charge in [-0.25, -0.2) is 14.2 Å². The number of guanidine groups is 1. The number of ether oxygens (including phenoxy) is 1. The van der Waals surface area contributed by atoms with E-state index in [1.165, 1.54) is 17.0 Å². The fraction of sp³-hybridized carbons (Fsp3) is 0.345. The van der Waals surface area contributed by atoms with E-state index in [9.17, 15) is 14.0 Å². The zero-order valence-corrected chi connectivity index (χ0v) is 23.9. The van der Waals surface area contributed by atoms with Crippen molar-refractivity contribution < 1.29 is 23.8 Å². The third-order valence-electron chi connectivity index (χ3n) is 6.39. The van der Waals surface area contributed by atoms with Gasteiger partial charge in [-0.05, 0) is 42.3 Å². The minimum Gasteiger partial charge on any atom is -0.447 e. The number of carbonyl (C=O) groups is 2. The van der Waals surface area contributed by atoms with Gasteiger partial charge in [-0.15, -0.1) is 0 Å². The number of anilines is 1. The number of aliphatic hydroxyl groups is 1. The number of likely N-dealkylation sites (N-methyl/N-ethyl adjacent to an activating group) is 1. The molecule has 11 nitrogen and oxygen atoms in total. The predicted molar refractivity (Wildman–Crippen MR) is 158 cm³/mol. The number of nitrogens with zero attached hydrogens (tertiary/aromatic N) is 4. The van der Waals surface area contributed by atoms with Crippen molar-refractivity contribution >= 4 is 46.2 Å². The number of aryl methyl sites for hydroxylation is 1. The van der Waals surface area contributed by atoms with Crippen LogP contribution in [0.2, 0.25) is 5.02 Å². The van der Waals surface area contributed by atoms with Crippen molar-refractivity contribution in [3.8, 4) is 6.19 Å². The van der Waals surface area contributed by atoms with Crippen molar-refractivity contribution in [3.63, 3.8) is 0 Å². The second-order valence-corrected chi connectivity index (χ2v) is 9.65. The first-order valence-corrected chi connectivity index (χ1v) is 13.7. The van der Waals surface area contributed by atoms with Crippen molar-refractivity contribution in [1.29, 1.82) is 5.26 Å². The highest BCUT2D eigenvalue weighted by atomic mass is 35.5. The highest BCUT2D eigenvalue weighted by Crippen LogP contribution is 2.22. The number of fused-ring (bicyclic) bond motifs is 1. The molecule has 0 spiro atoms. The second kappa shape index (κ2) is 16.7. The van der Waals surface area contributed by atoms with Gasteiger partial charge in [-0.1, -0.05) is 48.0 Å². The van der Waals surface area contributed by atoms with E-state index in [0.29, 0.717) is 30.8 Å². The molecule has 2 aromatic carbocycles. The quantitative estimate of drug-likeness (QED) is 0.0763. The topological polar surface area (TPSA) is 152 Å². The van der Waals surface area contributed by atoms with Gasteiger partial charge in [0.05, 0.1) is 17.7 Å². The Morgan fingerprint density at radius 1 is 1.24 bits per heavy atom. The molecule has 0 aliphatic carbocycles. The molecule has 0 bridgehead atoms. The van der Waals surface area contributed by atoms with Crippen LogP contribution in [-0.4, -0.2) is 72.3 Å². The Bertz CT molecular complexity index is 1430. The highest BCUT2D eigenvalue weighted by molar-refractivity contribution is 6.31. The number of hydrogen-bond donors (Lipinski definition) is 4. The summed E-state index contributed by atoms with van der Waals surface area (Å²) < 4.78 is 19.3. The van der Waals surface area contributed by atoms with Gasteiger partial charge in [0.1, 0.15) is 18.2 Å². The lowest BCUT2D eigenvalue weighted by molar-refractivity contribution is -0.132. The van der Waals surface area contributed by atoms with Gasteiger partial charge in [-0.2, -0.15) is 5.26 Å². The molecule has 3 rings (SSSR count). The van der Waals surface area contributed by atoms with Gasteiger partial charge in [-0.3, -0.25) is 20.4 Å². The number of rotatable bonds is 13. The Kier molecular flexibility index (Phi) is 12.8. The molecule has 0 aliphatic heterocycles. The summed E-state index contributed by atoms with van der Waals surface area (Å²) in [5, 5.41) is 27.5. The first kappa shape index (κ1) is 32.0. The Morgan fingerprint density at radius 3 is 2.79 bits per heavy atom. The van der Waals surface area contributed by atoms with E-state index in [4.69, 9.17) is 26.7 Å². The smallest absolute Gasteiger partial charge is 0.412 e. The SMILES string of the molecule is CN(C(=O)CCc1cccc(F)c1Cl)[C@@H](CCCN=C(NC#N)NCCO)COC(=O)Nc1cc2ccccc2cn1. The van der Waals surface area contributed by atoms with E-state index in [1.54, 1.807) is 31.6 Å². The molecule has 0 saturated carbocycles. The monoisotopic (exact) mass is 597 g/mol. The Balaban J connectivity index is 1.63. The summed E-state index contributed by atoms with van der Waals surface area (Å²) in [6, 6.07) is 13.3. The number of aliphatic imine (C=N–C) groups is 1. The molecule has 4 N–H and O–H groups in total. The van der Waals surface area contributed by atoms with E-state index in [1.807, 2.05) is 24.3 Å². The lowest BCUT2D eigenvalue weighted by Gasteiger charge is -2.28. The first-order valence-electron chi connectivity index (χ1n) is 13.3. The molecule has 13 heteroatoms. The van der Waals surface area contributed by atoms with Crippen LogP contribution in [0.5, 0.6) is 0 Å². The minimum atomic E-state index is -0.720. The van der Waals surface area contributed by atoms with E-state index in [-0.39, 0.29) is 49.5 Å². The molecule has 1 heterocycles. The summed E-state index contributed by atoms with van der Waals surface area (Å²) in [4.78, 5) is 35.7. The van der Waals surface area contributed by atoms with Gasteiger partial charge in [0, 0.05) is 38.1 Å². The standard InChI is InChI=1S/C29H33ClFN7O4/c1-38(26(40)12-11-20-8-4-10-24(31)27(20)30)23(9-5-13-33-28(36-19-32)34-14-15-39)18-42-29(41)37-25-16-21-6-2-3-7-22(21)17-35-25/h2-4,6-8,10,16-17,23,39H,5,9,11-15,18H2,1H3,(H2,33,34,36)(H,35,37,41)/t23-/m0/s1. The zero-order valence-electron chi connectivity index (χ0n) is 23.1. The fourth-order valence-electron chi connectivity index (χ4n) is 4.10. The molecule has 0 unspecified atom stereocenters. The van der Waals surface area contributed by atoms with Crippen molar-refractivity contribution in [2.45, 2.75) is 31.7 Å². The maximum Gasteiger partial charge on any atom is 0.412 e. The van der Waals surface area contributed by atoms with Crippen LogP contribution in [0.15, 0.2) is 59.7 Å². The third-order valence-corrected chi connectivity index (χ3v) is 6.82. The van der Waals surface area contributed by atoms with Crippen molar-refractivity contribution in [2.75, 3.05) is 38.7 Å². The molecule has 1 atom stereocenters. The lowest BCUT2D eigenvalue weighted by Crippen LogP contribution is -2.41. The average Bonchev–Trinajstić information content (AvgIpc) is 2.99. The summed E-state index contributed by atoms with van der Waals surface area (Å²) in [5.41, 5.74) is 0.524. The number of pyridine rings is 1. The largest absolute Gasteiger partial charge is 0.447 e. The Morgan fingerprint density at radius 2 is 2.02 bits per heavy atom. The first-order chi connectivity index (χ1) is 20.3. The molecule has 0 fully saturated rings. The van der Waals surface area contributed by atoms with Gasteiger partial charge in [0.25, 0.3) is 0 Å². The van der Waals surface area contributed by atoms with Gasteiger partial charge in [0.2, 0.25) is 11.9 Å². The fourth-order valence-corrected chi connectivity index (χ4v) is 4.32. The number of carbonyl (C=O) groups excluding carboxylic acids is 2. The summed E-state index contributed by atoms with van der Waals surface area (Å²) >= 11 is 6.04. The van der Waals surface area contributed by atoms with Gasteiger partial charge in [0.15, 0.2) is 6.19 Å². The van der Waals surface area contributed by atoms with Crippen molar-refractivity contribution in [3.05, 3.63) is 71.1 Å². The van der Waals surface area contributed by atoms with E-state index in [2.05, 4.69) is 25.9 Å². The molecule has 1 aromatic heterocycles. The van der Waals surface area contributed by atoms with Crippen molar-refractivity contribution in [2.24, 2.45) is 4.99 Å². The van der Waals surface area contributed by atoms with Crippen LogP contribution in [0, 0.1) is 17.3 Å². The normalized spacial score (nSPS) is 11.8. The van der Waals surface area contributed by atoms with Crippen LogP contribution in [0.4, 0.5) is 15.0 Å².